The van der Waals surface area contributed by atoms with E-state index in [9.17, 15) is 0 Å². The van der Waals surface area contributed by atoms with E-state index < -0.39 is 0 Å². The second-order valence-electron chi connectivity index (χ2n) is 14.4. The Labute approximate surface area is 283 Å². The number of aromatic nitrogens is 3. The van der Waals surface area contributed by atoms with Gasteiger partial charge in [0.05, 0.1) is 0 Å². The fourth-order valence-corrected chi connectivity index (χ4v) is 6.74. The van der Waals surface area contributed by atoms with Gasteiger partial charge in [-0.25, -0.2) is 15.0 Å². The van der Waals surface area contributed by atoms with Crippen LogP contribution in [0.25, 0.3) is 0 Å². The molecule has 0 aromatic carbocycles. The van der Waals surface area contributed by atoms with Gasteiger partial charge in [0.2, 0.25) is 0 Å². The van der Waals surface area contributed by atoms with E-state index >= 15 is 0 Å². The summed E-state index contributed by atoms with van der Waals surface area (Å²) in [6.45, 7) is 6.84. The molecule has 0 N–H and O–H groups in total. The second kappa shape index (κ2) is 34.3. The summed E-state index contributed by atoms with van der Waals surface area (Å²) < 4.78 is 0. The van der Waals surface area contributed by atoms with E-state index in [2.05, 4.69) is 20.8 Å². The van der Waals surface area contributed by atoms with Crippen LogP contribution in [0.4, 0.5) is 0 Å². The van der Waals surface area contributed by atoms with E-state index in [0.29, 0.717) is 0 Å². The highest BCUT2D eigenvalue weighted by Gasteiger charge is 2.07. The highest BCUT2D eigenvalue weighted by Crippen LogP contribution is 2.16. The maximum Gasteiger partial charge on any atom is 0.132 e. The molecule has 0 unspecified atom stereocenters. The molecule has 0 aliphatic heterocycles. The molecule has 45 heavy (non-hydrogen) atoms. The normalized spacial score (nSPS) is 11.5. The molecular weight excluding hydrogens is 546 g/mol. The molecule has 1 rings (SSSR count). The van der Waals surface area contributed by atoms with Crippen molar-refractivity contribution in [3.05, 3.63) is 17.5 Å². The number of unbranched alkanes of at least 4 members (excludes halogenated alkanes) is 30. The molecule has 1 aromatic rings. The number of hydrogen-bond acceptors (Lipinski definition) is 3. The molecule has 0 fully saturated rings. The fraction of sp³-hybridized carbons (Fsp3) is 0.929. The van der Waals surface area contributed by atoms with E-state index in [1.807, 2.05) is 0 Å². The molecule has 0 saturated heterocycles. The van der Waals surface area contributed by atoms with Crippen LogP contribution >= 0.6 is 0 Å². The Morgan fingerprint density at radius 1 is 0.222 bits per heavy atom. The van der Waals surface area contributed by atoms with Gasteiger partial charge < -0.3 is 0 Å². The standard InChI is InChI=1S/C42H81N3/c1-4-7-9-11-13-15-17-19-21-23-25-27-29-31-33-35-38-41-43-40(37-6-3)44-42(45-41)39-36-34-32-30-28-26-24-22-20-18-16-14-12-10-8-5-2/h4-39H2,1-3H3. The van der Waals surface area contributed by atoms with Crippen LogP contribution in [0.2, 0.25) is 0 Å². The van der Waals surface area contributed by atoms with Crippen molar-refractivity contribution >= 4 is 0 Å². The highest BCUT2D eigenvalue weighted by atomic mass is 15.0. The molecule has 0 aliphatic rings. The second-order valence-corrected chi connectivity index (χ2v) is 14.4. The number of rotatable bonds is 36. The molecule has 0 amide bonds. The van der Waals surface area contributed by atoms with Crippen molar-refractivity contribution < 1.29 is 0 Å². The first kappa shape index (κ1) is 42.0. The molecule has 3 nitrogen and oxygen atoms in total. The van der Waals surface area contributed by atoms with Crippen molar-refractivity contribution in [2.45, 2.75) is 252 Å². The SMILES string of the molecule is CCCCCCCCCCCCCCCCCCc1nc(CCC)nc(CCCCCCCCCCCCCCCCCC)n1. The first-order valence-corrected chi connectivity index (χ1v) is 21.0. The summed E-state index contributed by atoms with van der Waals surface area (Å²) in [4.78, 5) is 14.6. The van der Waals surface area contributed by atoms with Gasteiger partial charge in [-0.2, -0.15) is 0 Å². The van der Waals surface area contributed by atoms with E-state index in [-0.39, 0.29) is 0 Å². The third-order valence-corrected chi connectivity index (χ3v) is 9.76. The van der Waals surface area contributed by atoms with E-state index in [1.165, 1.54) is 205 Å². The molecular formula is C42H81N3. The van der Waals surface area contributed by atoms with Crippen LogP contribution in [-0.2, 0) is 19.3 Å². The van der Waals surface area contributed by atoms with E-state index in [4.69, 9.17) is 15.0 Å². The van der Waals surface area contributed by atoms with Crippen molar-refractivity contribution in [2.75, 3.05) is 0 Å². The molecule has 0 spiro atoms. The van der Waals surface area contributed by atoms with Crippen LogP contribution in [0.1, 0.15) is 250 Å². The van der Waals surface area contributed by atoms with Crippen molar-refractivity contribution in [1.29, 1.82) is 0 Å². The minimum absolute atomic E-state index is 0.987. The Morgan fingerprint density at radius 2 is 0.422 bits per heavy atom. The van der Waals surface area contributed by atoms with Gasteiger partial charge in [-0.3, -0.25) is 0 Å². The Kier molecular flexibility index (Phi) is 32.1. The molecule has 3 heteroatoms. The van der Waals surface area contributed by atoms with Gasteiger partial charge in [-0.05, 0) is 19.3 Å². The average molecular weight is 628 g/mol. The zero-order valence-corrected chi connectivity index (χ0v) is 31.3. The zero-order chi connectivity index (χ0) is 32.3. The average Bonchev–Trinajstić information content (AvgIpc) is 3.04. The number of aryl methyl sites for hydroxylation is 3. The molecule has 0 aliphatic carbocycles. The number of nitrogens with zero attached hydrogens (tertiary/aromatic N) is 3. The monoisotopic (exact) mass is 628 g/mol. The summed E-state index contributed by atoms with van der Waals surface area (Å²) in [7, 11) is 0. The van der Waals surface area contributed by atoms with Gasteiger partial charge >= 0.3 is 0 Å². The minimum atomic E-state index is 0.987. The fourth-order valence-electron chi connectivity index (χ4n) is 6.74. The lowest BCUT2D eigenvalue weighted by Gasteiger charge is -2.08. The first-order valence-electron chi connectivity index (χ1n) is 21.0. The summed E-state index contributed by atoms with van der Waals surface area (Å²) in [6, 6.07) is 0. The lowest BCUT2D eigenvalue weighted by Crippen LogP contribution is -2.08. The van der Waals surface area contributed by atoms with E-state index in [1.54, 1.807) is 0 Å². The van der Waals surface area contributed by atoms with Crippen LogP contribution in [0.15, 0.2) is 0 Å². The lowest BCUT2D eigenvalue weighted by atomic mass is 10.0. The maximum absolute atomic E-state index is 4.91. The molecule has 0 atom stereocenters. The van der Waals surface area contributed by atoms with Gasteiger partial charge in [-0.15, -0.1) is 0 Å². The van der Waals surface area contributed by atoms with Crippen LogP contribution in [0, 0.1) is 0 Å². The lowest BCUT2D eigenvalue weighted by molar-refractivity contribution is 0.527. The Hall–Kier alpha value is -0.990. The summed E-state index contributed by atoms with van der Waals surface area (Å²) in [6.07, 6.45) is 49.4. The molecule has 0 saturated carbocycles. The Morgan fingerprint density at radius 3 is 0.644 bits per heavy atom. The van der Waals surface area contributed by atoms with Gasteiger partial charge in [0, 0.05) is 19.3 Å². The van der Waals surface area contributed by atoms with E-state index in [0.717, 1.165) is 43.2 Å². The first-order chi connectivity index (χ1) is 22.3. The summed E-state index contributed by atoms with van der Waals surface area (Å²) in [5, 5.41) is 0. The predicted molar refractivity (Wildman–Crippen MR) is 200 cm³/mol. The van der Waals surface area contributed by atoms with Gasteiger partial charge in [0.25, 0.3) is 0 Å². The molecule has 0 radical (unpaired) electrons. The number of hydrogen-bond donors (Lipinski definition) is 0. The molecule has 0 bridgehead atoms. The minimum Gasteiger partial charge on any atom is -0.218 e. The highest BCUT2D eigenvalue weighted by molar-refractivity contribution is 4.98. The Balaban J connectivity index is 2.02. The summed E-state index contributed by atoms with van der Waals surface area (Å²) >= 11 is 0. The topological polar surface area (TPSA) is 38.7 Å². The van der Waals surface area contributed by atoms with Gasteiger partial charge in [0.15, 0.2) is 0 Å². The quantitative estimate of drug-likeness (QED) is 0.0695. The summed E-state index contributed by atoms with van der Waals surface area (Å²) in [5.74, 6) is 3.15. The van der Waals surface area contributed by atoms with Crippen molar-refractivity contribution in [3.63, 3.8) is 0 Å². The predicted octanol–water partition coefficient (Wildman–Crippen LogP) is 14.4. The largest absolute Gasteiger partial charge is 0.218 e. The molecule has 264 valence electrons. The van der Waals surface area contributed by atoms with Crippen molar-refractivity contribution in [3.8, 4) is 0 Å². The van der Waals surface area contributed by atoms with Crippen molar-refractivity contribution in [2.24, 2.45) is 0 Å². The van der Waals surface area contributed by atoms with Crippen LogP contribution in [0.3, 0.4) is 0 Å². The van der Waals surface area contributed by atoms with Gasteiger partial charge in [-0.1, -0.05) is 213 Å². The van der Waals surface area contributed by atoms with Crippen LogP contribution in [0.5, 0.6) is 0 Å². The van der Waals surface area contributed by atoms with Crippen molar-refractivity contribution in [1.82, 2.24) is 15.0 Å². The third kappa shape index (κ3) is 28.9. The van der Waals surface area contributed by atoms with Gasteiger partial charge in [0.1, 0.15) is 17.5 Å². The molecule has 1 aromatic heterocycles. The zero-order valence-electron chi connectivity index (χ0n) is 31.3. The smallest absolute Gasteiger partial charge is 0.132 e. The van der Waals surface area contributed by atoms with Crippen LogP contribution in [-0.4, -0.2) is 15.0 Å². The maximum atomic E-state index is 4.91. The third-order valence-electron chi connectivity index (χ3n) is 9.76. The summed E-state index contributed by atoms with van der Waals surface area (Å²) in [5.41, 5.74) is 0. The molecule has 1 heterocycles. The van der Waals surface area contributed by atoms with Crippen LogP contribution < -0.4 is 0 Å². The Bertz CT molecular complexity index is 664.